The van der Waals surface area contributed by atoms with Gasteiger partial charge in [0.2, 0.25) is 0 Å². The van der Waals surface area contributed by atoms with Crippen molar-refractivity contribution in [1.82, 2.24) is 4.90 Å². The lowest BCUT2D eigenvalue weighted by Gasteiger charge is -2.59. The van der Waals surface area contributed by atoms with Crippen molar-refractivity contribution in [1.29, 1.82) is 0 Å². The van der Waals surface area contributed by atoms with Crippen LogP contribution in [-0.2, 0) is 0 Å². The van der Waals surface area contributed by atoms with Crippen LogP contribution in [0, 0.1) is 0 Å². The first kappa shape index (κ1) is 11.7. The van der Waals surface area contributed by atoms with E-state index in [9.17, 15) is 0 Å². The summed E-state index contributed by atoms with van der Waals surface area (Å²) in [6.45, 7) is 11.6. The Morgan fingerprint density at radius 3 is 1.88 bits per heavy atom. The minimum atomic E-state index is 0.282. The topological polar surface area (TPSA) is 3.24 Å². The summed E-state index contributed by atoms with van der Waals surface area (Å²) in [5, 5.41) is 0. The van der Waals surface area contributed by atoms with Gasteiger partial charge in [-0.1, -0.05) is 30.3 Å². The summed E-state index contributed by atoms with van der Waals surface area (Å²) >= 11 is 0. The lowest BCUT2D eigenvalue weighted by molar-refractivity contribution is -0.0641. The molecule has 0 spiro atoms. The second-order valence-electron chi connectivity index (χ2n) is 6.00. The molecular weight excluding hydrogens is 194 g/mol. The van der Waals surface area contributed by atoms with Gasteiger partial charge in [0.15, 0.2) is 0 Å². The van der Waals surface area contributed by atoms with Crippen molar-refractivity contribution in [3.8, 4) is 0 Å². The fraction of sp³-hybridized carbons (Fsp3) is 0.600. The number of likely N-dealkylation sites (tertiary alicyclic amines) is 1. The summed E-state index contributed by atoms with van der Waals surface area (Å²) in [6.07, 6.45) is 0. The van der Waals surface area contributed by atoms with Gasteiger partial charge >= 0.3 is 0 Å². The van der Waals surface area contributed by atoms with Crippen LogP contribution in [0.5, 0.6) is 0 Å². The van der Waals surface area contributed by atoms with Gasteiger partial charge in [-0.15, -0.1) is 0 Å². The van der Waals surface area contributed by atoms with Gasteiger partial charge in [0.25, 0.3) is 0 Å². The zero-order valence-corrected chi connectivity index (χ0v) is 11.1. The SMILES string of the molecule is CC1C(c2ccccc2)C(C)N1C(C)(C)C. The van der Waals surface area contributed by atoms with E-state index in [0.29, 0.717) is 18.0 Å². The van der Waals surface area contributed by atoms with Crippen LogP contribution in [0.15, 0.2) is 30.3 Å². The zero-order valence-electron chi connectivity index (χ0n) is 11.1. The van der Waals surface area contributed by atoms with Crippen LogP contribution in [0.2, 0.25) is 0 Å². The fourth-order valence-electron chi connectivity index (χ4n) is 3.47. The third kappa shape index (κ3) is 1.78. The molecule has 1 aromatic carbocycles. The van der Waals surface area contributed by atoms with Gasteiger partial charge < -0.3 is 0 Å². The number of rotatable bonds is 1. The van der Waals surface area contributed by atoms with E-state index in [2.05, 4.69) is 69.9 Å². The third-order valence-corrected chi connectivity index (χ3v) is 3.88. The van der Waals surface area contributed by atoms with E-state index < -0.39 is 0 Å². The molecule has 0 amide bonds. The van der Waals surface area contributed by atoms with Gasteiger partial charge in [0.05, 0.1) is 0 Å². The zero-order chi connectivity index (χ0) is 11.9. The maximum Gasteiger partial charge on any atom is 0.0159 e. The van der Waals surface area contributed by atoms with Gasteiger partial charge in [0, 0.05) is 23.5 Å². The summed E-state index contributed by atoms with van der Waals surface area (Å²) in [6, 6.07) is 12.2. The van der Waals surface area contributed by atoms with Crippen molar-refractivity contribution >= 4 is 0 Å². The molecule has 2 atom stereocenters. The van der Waals surface area contributed by atoms with Crippen molar-refractivity contribution in [2.24, 2.45) is 0 Å². The molecule has 0 N–H and O–H groups in total. The lowest BCUT2D eigenvalue weighted by Crippen LogP contribution is -2.66. The highest BCUT2D eigenvalue weighted by Gasteiger charge is 2.47. The van der Waals surface area contributed by atoms with E-state index in [4.69, 9.17) is 0 Å². The number of benzene rings is 1. The molecule has 1 heterocycles. The summed E-state index contributed by atoms with van der Waals surface area (Å²) in [5.41, 5.74) is 1.77. The van der Waals surface area contributed by atoms with E-state index in [1.807, 2.05) is 0 Å². The average Bonchev–Trinajstić information content (AvgIpc) is 2.17. The Bertz CT molecular complexity index is 339. The molecule has 0 radical (unpaired) electrons. The van der Waals surface area contributed by atoms with Gasteiger partial charge in [-0.2, -0.15) is 0 Å². The van der Waals surface area contributed by atoms with Crippen LogP contribution < -0.4 is 0 Å². The fourth-order valence-corrected chi connectivity index (χ4v) is 3.47. The first-order valence-corrected chi connectivity index (χ1v) is 6.26. The van der Waals surface area contributed by atoms with Crippen LogP contribution in [0.25, 0.3) is 0 Å². The second kappa shape index (κ2) is 3.89. The molecule has 0 aromatic heterocycles. The largest absolute Gasteiger partial charge is 0.292 e. The molecule has 1 aliphatic heterocycles. The van der Waals surface area contributed by atoms with Gasteiger partial charge in [-0.25, -0.2) is 0 Å². The van der Waals surface area contributed by atoms with Gasteiger partial charge in [-0.05, 0) is 40.2 Å². The first-order valence-electron chi connectivity index (χ1n) is 6.26. The van der Waals surface area contributed by atoms with E-state index in [1.54, 1.807) is 0 Å². The third-order valence-electron chi connectivity index (χ3n) is 3.88. The normalized spacial score (nSPS) is 31.2. The van der Waals surface area contributed by atoms with Gasteiger partial charge in [-0.3, -0.25) is 4.90 Å². The first-order chi connectivity index (χ1) is 7.43. The Hall–Kier alpha value is -0.820. The molecule has 1 aliphatic rings. The molecule has 16 heavy (non-hydrogen) atoms. The van der Waals surface area contributed by atoms with Crippen LogP contribution >= 0.6 is 0 Å². The van der Waals surface area contributed by atoms with Gasteiger partial charge in [0.1, 0.15) is 0 Å². The van der Waals surface area contributed by atoms with E-state index in [0.717, 1.165) is 0 Å². The molecule has 0 bridgehead atoms. The molecule has 1 nitrogen and oxygen atoms in total. The Labute approximate surface area is 99.5 Å². The summed E-state index contributed by atoms with van der Waals surface area (Å²) in [7, 11) is 0. The molecule has 1 saturated heterocycles. The Morgan fingerprint density at radius 2 is 1.44 bits per heavy atom. The summed E-state index contributed by atoms with van der Waals surface area (Å²) in [5.74, 6) is 0.695. The van der Waals surface area contributed by atoms with Crippen LogP contribution in [0.4, 0.5) is 0 Å². The van der Waals surface area contributed by atoms with Crippen LogP contribution in [0.1, 0.15) is 46.1 Å². The molecule has 0 aliphatic carbocycles. The van der Waals surface area contributed by atoms with Crippen molar-refractivity contribution < 1.29 is 0 Å². The maximum atomic E-state index is 2.62. The second-order valence-corrected chi connectivity index (χ2v) is 6.00. The highest BCUT2D eigenvalue weighted by atomic mass is 15.3. The van der Waals surface area contributed by atoms with Crippen LogP contribution in [0.3, 0.4) is 0 Å². The highest BCUT2D eigenvalue weighted by molar-refractivity contribution is 5.27. The van der Waals surface area contributed by atoms with E-state index in [-0.39, 0.29) is 5.54 Å². The van der Waals surface area contributed by atoms with E-state index in [1.165, 1.54) is 5.56 Å². The Morgan fingerprint density at radius 1 is 0.938 bits per heavy atom. The van der Waals surface area contributed by atoms with E-state index >= 15 is 0 Å². The molecule has 1 heteroatoms. The number of hydrogen-bond donors (Lipinski definition) is 0. The number of hydrogen-bond acceptors (Lipinski definition) is 1. The summed E-state index contributed by atoms with van der Waals surface area (Å²) < 4.78 is 0. The molecule has 0 saturated carbocycles. The highest BCUT2D eigenvalue weighted by Crippen LogP contribution is 2.44. The summed E-state index contributed by atoms with van der Waals surface area (Å²) in [4.78, 5) is 2.62. The smallest absolute Gasteiger partial charge is 0.0159 e. The molecule has 1 fully saturated rings. The Kier molecular flexibility index (Phi) is 2.83. The van der Waals surface area contributed by atoms with Crippen molar-refractivity contribution in [3.63, 3.8) is 0 Å². The minimum Gasteiger partial charge on any atom is -0.292 e. The molecule has 2 rings (SSSR count). The van der Waals surface area contributed by atoms with Crippen molar-refractivity contribution in [2.75, 3.05) is 0 Å². The molecule has 88 valence electrons. The number of nitrogens with zero attached hydrogens (tertiary/aromatic N) is 1. The molecule has 1 aromatic rings. The predicted molar refractivity (Wildman–Crippen MR) is 69.7 cm³/mol. The monoisotopic (exact) mass is 217 g/mol. The average molecular weight is 217 g/mol. The Balaban J connectivity index is 2.18. The van der Waals surface area contributed by atoms with Crippen molar-refractivity contribution in [2.45, 2.75) is 58.2 Å². The maximum absolute atomic E-state index is 2.62. The minimum absolute atomic E-state index is 0.282. The van der Waals surface area contributed by atoms with Crippen molar-refractivity contribution in [3.05, 3.63) is 35.9 Å². The predicted octanol–water partition coefficient (Wildman–Crippen LogP) is 3.66. The lowest BCUT2D eigenvalue weighted by atomic mass is 9.74. The van der Waals surface area contributed by atoms with Crippen LogP contribution in [-0.4, -0.2) is 22.5 Å². The standard InChI is InChI=1S/C15H23N/c1-11-14(13-9-7-6-8-10-13)12(2)16(11)15(3,4)5/h6-12,14H,1-5H3. The molecular formula is C15H23N. The quantitative estimate of drug-likeness (QED) is 0.694. The molecule has 2 unspecified atom stereocenters.